The molecule has 256 valence electrons. The van der Waals surface area contributed by atoms with Gasteiger partial charge in [-0.15, -0.1) is 0 Å². The summed E-state index contributed by atoms with van der Waals surface area (Å²) >= 11 is 0. The lowest BCUT2D eigenvalue weighted by atomic mass is 9.92. The number of ether oxygens (including phenoxy) is 2. The fourth-order valence-corrected chi connectivity index (χ4v) is 6.70. The third kappa shape index (κ3) is 7.35. The van der Waals surface area contributed by atoms with Gasteiger partial charge in [0.05, 0.1) is 35.4 Å². The zero-order valence-corrected chi connectivity index (χ0v) is 27.9. The van der Waals surface area contributed by atoms with Gasteiger partial charge in [0.1, 0.15) is 17.1 Å². The minimum atomic E-state index is -4.51. The number of rotatable bonds is 10. The molecule has 0 bridgehead atoms. The lowest BCUT2D eigenvalue weighted by Gasteiger charge is -2.34. The number of halogens is 3. The number of carbonyl (C=O) groups is 1. The normalized spacial score (nSPS) is 18.2. The van der Waals surface area contributed by atoms with E-state index in [0.717, 1.165) is 67.5 Å². The minimum Gasteiger partial charge on any atom is -0.455 e. The molecule has 12 heteroatoms. The number of nitrogens with zero attached hydrogens (tertiary/aromatic N) is 5. The minimum absolute atomic E-state index is 0.00318. The molecule has 1 aromatic carbocycles. The Bertz CT molecular complexity index is 1750. The highest BCUT2D eigenvalue weighted by Gasteiger charge is 2.35. The first-order valence-electron chi connectivity index (χ1n) is 16.6. The highest BCUT2D eigenvalue weighted by Crippen LogP contribution is 2.36. The molecular weight excluding hydrogens is 621 g/mol. The molecule has 2 atom stereocenters. The number of aromatic amines is 1. The Morgan fingerprint density at radius 3 is 2.54 bits per heavy atom. The number of hydrogen-bond acceptors (Lipinski definition) is 7. The van der Waals surface area contributed by atoms with Crippen molar-refractivity contribution in [3.8, 4) is 11.5 Å². The van der Waals surface area contributed by atoms with Gasteiger partial charge in [0.25, 0.3) is 0 Å². The van der Waals surface area contributed by atoms with E-state index in [2.05, 4.69) is 26.7 Å². The molecule has 1 fully saturated rings. The third-order valence-electron chi connectivity index (χ3n) is 9.68. The van der Waals surface area contributed by atoms with Crippen LogP contribution in [-0.2, 0) is 35.2 Å². The van der Waals surface area contributed by atoms with E-state index in [1.54, 1.807) is 42.6 Å². The number of alkyl halides is 3. The molecule has 1 saturated heterocycles. The van der Waals surface area contributed by atoms with E-state index in [0.29, 0.717) is 35.8 Å². The average molecular weight is 665 g/mol. The van der Waals surface area contributed by atoms with E-state index in [1.807, 2.05) is 26.0 Å². The van der Waals surface area contributed by atoms with Crippen molar-refractivity contribution in [2.75, 3.05) is 46.4 Å². The molecule has 48 heavy (non-hydrogen) atoms. The summed E-state index contributed by atoms with van der Waals surface area (Å²) in [6, 6.07) is 10.0. The Morgan fingerprint density at radius 1 is 1.06 bits per heavy atom. The number of amides is 1. The van der Waals surface area contributed by atoms with Crippen molar-refractivity contribution < 1.29 is 27.4 Å². The first kappa shape index (κ1) is 33.9. The maximum absolute atomic E-state index is 14.2. The standard InChI is InChI=1S/C36H43F3N6O3/c1-5-25-21-45(33(46)16-24-7-8-26(30(15-24)36(37,38)39)20-44-13-11-43(6-2)12-14-44)22-27-17-28(19-41-34(25)27)48-32-9-10-40-35-29(32)18-31(42-35)23(3)47-4/h7-10,15,17-19,23,25H,5-6,11-14,16,20-22H2,1-4H3,(H,40,42). The van der Waals surface area contributed by atoms with Crippen LogP contribution in [0, 0.1) is 0 Å². The molecule has 3 aromatic heterocycles. The van der Waals surface area contributed by atoms with Gasteiger partial charge in [-0.1, -0.05) is 26.0 Å². The lowest BCUT2D eigenvalue weighted by molar-refractivity contribution is -0.139. The number of H-pyrrole nitrogens is 1. The molecule has 0 aliphatic carbocycles. The fourth-order valence-electron chi connectivity index (χ4n) is 6.70. The predicted molar refractivity (Wildman–Crippen MR) is 177 cm³/mol. The fraction of sp³-hybridized carbons (Fsp3) is 0.472. The van der Waals surface area contributed by atoms with Gasteiger partial charge in [0.2, 0.25) is 5.91 Å². The van der Waals surface area contributed by atoms with E-state index in [1.165, 1.54) is 0 Å². The number of aromatic nitrogens is 3. The second kappa shape index (κ2) is 14.2. The highest BCUT2D eigenvalue weighted by molar-refractivity contribution is 5.84. The van der Waals surface area contributed by atoms with Crippen molar-refractivity contribution in [2.24, 2.45) is 0 Å². The molecule has 6 rings (SSSR count). The number of nitrogens with one attached hydrogen (secondary N) is 1. The molecule has 2 aliphatic rings. The largest absolute Gasteiger partial charge is 0.455 e. The van der Waals surface area contributed by atoms with Gasteiger partial charge in [-0.05, 0) is 60.8 Å². The van der Waals surface area contributed by atoms with Gasteiger partial charge in [-0.2, -0.15) is 13.2 Å². The van der Waals surface area contributed by atoms with Gasteiger partial charge in [-0.25, -0.2) is 4.98 Å². The molecule has 4 aromatic rings. The number of pyridine rings is 2. The van der Waals surface area contributed by atoms with Crippen molar-refractivity contribution in [3.05, 3.63) is 82.4 Å². The summed E-state index contributed by atoms with van der Waals surface area (Å²) in [6.07, 6.45) is -0.642. The second-order valence-electron chi connectivity index (χ2n) is 12.7. The number of methoxy groups -OCH3 is 1. The number of hydrogen-bond donors (Lipinski definition) is 1. The van der Waals surface area contributed by atoms with Crippen molar-refractivity contribution in [3.63, 3.8) is 0 Å². The van der Waals surface area contributed by atoms with Crippen LogP contribution >= 0.6 is 0 Å². The Morgan fingerprint density at radius 2 is 1.83 bits per heavy atom. The summed E-state index contributed by atoms with van der Waals surface area (Å²) in [5.41, 5.74) is 3.27. The third-order valence-corrected chi connectivity index (χ3v) is 9.68. The van der Waals surface area contributed by atoms with Gasteiger partial charge in [0.15, 0.2) is 0 Å². The Kier molecular flexibility index (Phi) is 10.0. The molecule has 1 amide bonds. The van der Waals surface area contributed by atoms with Gasteiger partial charge in [-0.3, -0.25) is 14.7 Å². The molecule has 1 N–H and O–H groups in total. The monoisotopic (exact) mass is 664 g/mol. The van der Waals surface area contributed by atoms with E-state index in [9.17, 15) is 18.0 Å². The highest BCUT2D eigenvalue weighted by atomic mass is 19.4. The Labute approximate surface area is 279 Å². The number of fused-ring (bicyclic) bond motifs is 2. The van der Waals surface area contributed by atoms with Crippen LogP contribution in [0.25, 0.3) is 11.0 Å². The van der Waals surface area contributed by atoms with Crippen LogP contribution in [0.15, 0.2) is 48.8 Å². The van der Waals surface area contributed by atoms with Gasteiger partial charge < -0.3 is 24.3 Å². The summed E-state index contributed by atoms with van der Waals surface area (Å²) in [4.78, 5) is 32.1. The first-order valence-corrected chi connectivity index (χ1v) is 16.6. The Balaban J connectivity index is 1.18. The van der Waals surface area contributed by atoms with Crippen LogP contribution in [-0.4, -0.2) is 81.9 Å². The van der Waals surface area contributed by atoms with Crippen molar-refractivity contribution in [1.29, 1.82) is 0 Å². The summed E-state index contributed by atoms with van der Waals surface area (Å²) in [7, 11) is 1.64. The van der Waals surface area contributed by atoms with Gasteiger partial charge in [0, 0.05) is 70.7 Å². The number of benzene rings is 1. The molecule has 2 unspecified atom stereocenters. The molecule has 5 heterocycles. The smallest absolute Gasteiger partial charge is 0.416 e. The predicted octanol–water partition coefficient (Wildman–Crippen LogP) is 6.69. The maximum Gasteiger partial charge on any atom is 0.416 e. The Hall–Kier alpha value is -4.00. The van der Waals surface area contributed by atoms with E-state index < -0.39 is 11.7 Å². The topological polar surface area (TPSA) is 86.8 Å². The maximum atomic E-state index is 14.2. The zero-order chi connectivity index (χ0) is 34.0. The molecular formula is C36H43F3N6O3. The summed E-state index contributed by atoms with van der Waals surface area (Å²) < 4.78 is 54.4. The molecule has 0 radical (unpaired) electrons. The van der Waals surface area contributed by atoms with E-state index in [-0.39, 0.29) is 36.5 Å². The van der Waals surface area contributed by atoms with Crippen LogP contribution < -0.4 is 4.74 Å². The average Bonchev–Trinajstić information content (AvgIpc) is 3.53. The second-order valence-corrected chi connectivity index (χ2v) is 12.7. The first-order chi connectivity index (χ1) is 23.1. The van der Waals surface area contributed by atoms with Crippen LogP contribution in [0.1, 0.15) is 72.9 Å². The van der Waals surface area contributed by atoms with Gasteiger partial charge >= 0.3 is 6.18 Å². The molecule has 0 saturated carbocycles. The van der Waals surface area contributed by atoms with Crippen molar-refractivity contribution in [2.45, 2.75) is 64.9 Å². The molecule has 2 aliphatic heterocycles. The van der Waals surface area contributed by atoms with Crippen molar-refractivity contribution in [1.82, 2.24) is 29.7 Å². The van der Waals surface area contributed by atoms with Crippen LogP contribution in [0.2, 0.25) is 0 Å². The summed E-state index contributed by atoms with van der Waals surface area (Å²) in [5, 5.41) is 0.806. The number of piperazine rings is 1. The summed E-state index contributed by atoms with van der Waals surface area (Å²) in [6.45, 7) is 11.2. The van der Waals surface area contributed by atoms with Crippen molar-refractivity contribution >= 4 is 16.9 Å². The van der Waals surface area contributed by atoms with Crippen LogP contribution in [0.4, 0.5) is 13.2 Å². The SMILES string of the molecule is CCC1CN(C(=O)Cc2ccc(CN3CCN(CC)CC3)c(C(F)(F)F)c2)Cc2cc(Oc3ccnc4[nH]c(C(C)OC)cc34)cnc21. The van der Waals surface area contributed by atoms with Crippen LogP contribution in [0.3, 0.4) is 0 Å². The summed E-state index contributed by atoms with van der Waals surface area (Å²) in [5.74, 6) is 0.915. The molecule has 0 spiro atoms. The zero-order valence-electron chi connectivity index (χ0n) is 27.9. The quantitative estimate of drug-likeness (QED) is 0.202. The van der Waals surface area contributed by atoms with Crippen LogP contribution in [0.5, 0.6) is 11.5 Å². The van der Waals surface area contributed by atoms with E-state index >= 15 is 0 Å². The lowest BCUT2D eigenvalue weighted by Crippen LogP contribution is -2.45. The number of likely N-dealkylation sites (N-methyl/N-ethyl adjacent to an activating group) is 1. The number of carbonyl (C=O) groups excluding carboxylic acids is 1. The van der Waals surface area contributed by atoms with E-state index in [4.69, 9.17) is 14.5 Å². The molecule has 9 nitrogen and oxygen atoms in total.